The highest BCUT2D eigenvalue weighted by Gasteiger charge is 2.68. The van der Waals surface area contributed by atoms with E-state index in [1.54, 1.807) is 0 Å². The van der Waals surface area contributed by atoms with Gasteiger partial charge in [0.1, 0.15) is 0 Å². The van der Waals surface area contributed by atoms with Crippen LogP contribution >= 0.6 is 15.9 Å². The van der Waals surface area contributed by atoms with Crippen molar-refractivity contribution < 1.29 is 5.11 Å². The number of hydrogen-bond acceptors (Lipinski definition) is 2. The molecule has 1 saturated heterocycles. The van der Waals surface area contributed by atoms with Gasteiger partial charge >= 0.3 is 0 Å². The van der Waals surface area contributed by atoms with E-state index in [2.05, 4.69) is 45.5 Å². The lowest BCUT2D eigenvalue weighted by Gasteiger charge is -2.72. The molecule has 0 radical (unpaired) electrons. The third-order valence-corrected chi connectivity index (χ3v) is 6.70. The molecule has 114 valence electrons. The number of nitrogens with one attached hydrogen (secondary N) is 1. The number of benzene rings is 1. The Morgan fingerprint density at radius 1 is 1.14 bits per heavy atom. The fraction of sp³-hybridized carbons (Fsp3) is 0.667. The predicted molar refractivity (Wildman–Crippen MR) is 88.3 cm³/mol. The number of halogens is 1. The van der Waals surface area contributed by atoms with Crippen LogP contribution in [0.15, 0.2) is 28.7 Å². The van der Waals surface area contributed by atoms with Crippen molar-refractivity contribution in [1.82, 2.24) is 5.32 Å². The highest BCUT2D eigenvalue weighted by molar-refractivity contribution is 9.10. The first-order valence-corrected chi connectivity index (χ1v) is 9.05. The van der Waals surface area contributed by atoms with Gasteiger partial charge in [-0.25, -0.2) is 0 Å². The summed E-state index contributed by atoms with van der Waals surface area (Å²) < 4.78 is 1.16. The van der Waals surface area contributed by atoms with Gasteiger partial charge in [0.05, 0.1) is 6.10 Å². The average molecular weight is 350 g/mol. The Balaban J connectivity index is 1.35. The van der Waals surface area contributed by atoms with Gasteiger partial charge in [-0.15, -0.1) is 0 Å². The Morgan fingerprint density at radius 3 is 2.38 bits per heavy atom. The molecule has 1 unspecified atom stereocenters. The standard InChI is InChI=1S/C18H24BrNO/c19-15-3-1-14(2-4-15)18-10-17(11-18,12-18)9-16(21)13-5-7-20-8-6-13/h1-4,13,16,20-21H,5-12H2. The molecule has 1 atom stereocenters. The topological polar surface area (TPSA) is 32.3 Å². The van der Waals surface area contributed by atoms with E-state index in [9.17, 15) is 5.11 Å². The van der Waals surface area contributed by atoms with Gasteiger partial charge in [-0.05, 0) is 86.1 Å². The fourth-order valence-corrected chi connectivity index (χ4v) is 5.43. The Hall–Kier alpha value is -0.380. The second kappa shape index (κ2) is 5.07. The lowest BCUT2D eigenvalue weighted by Crippen LogP contribution is -2.65. The van der Waals surface area contributed by atoms with Gasteiger partial charge in [-0.3, -0.25) is 0 Å². The summed E-state index contributed by atoms with van der Waals surface area (Å²) in [6.45, 7) is 2.16. The molecule has 1 aliphatic heterocycles. The van der Waals surface area contributed by atoms with Gasteiger partial charge in [0.25, 0.3) is 0 Å². The largest absolute Gasteiger partial charge is 0.393 e. The zero-order valence-corrected chi connectivity index (χ0v) is 14.0. The molecule has 1 aromatic carbocycles. The minimum atomic E-state index is -0.0738. The van der Waals surface area contributed by atoms with Gasteiger partial charge in [0, 0.05) is 4.47 Å². The summed E-state index contributed by atoms with van der Waals surface area (Å²) >= 11 is 3.51. The van der Waals surface area contributed by atoms with E-state index in [0.717, 1.165) is 36.8 Å². The molecule has 1 heterocycles. The molecular formula is C18H24BrNO. The van der Waals surface area contributed by atoms with Crippen LogP contribution < -0.4 is 5.32 Å². The third kappa shape index (κ3) is 2.38. The second-order valence-electron chi connectivity index (χ2n) is 7.68. The maximum absolute atomic E-state index is 10.6. The quantitative estimate of drug-likeness (QED) is 0.869. The third-order valence-electron chi connectivity index (χ3n) is 6.17. The van der Waals surface area contributed by atoms with Crippen LogP contribution in [-0.2, 0) is 5.41 Å². The van der Waals surface area contributed by atoms with Gasteiger partial charge in [-0.2, -0.15) is 0 Å². The van der Waals surface area contributed by atoms with Crippen LogP contribution in [0.3, 0.4) is 0 Å². The van der Waals surface area contributed by atoms with Crippen LogP contribution in [0, 0.1) is 11.3 Å². The van der Waals surface area contributed by atoms with Crippen molar-refractivity contribution in [2.45, 2.75) is 50.0 Å². The lowest BCUT2D eigenvalue weighted by atomic mass is 9.32. The fourth-order valence-electron chi connectivity index (χ4n) is 5.16. The maximum Gasteiger partial charge on any atom is 0.0574 e. The van der Waals surface area contributed by atoms with Gasteiger partial charge in [-0.1, -0.05) is 28.1 Å². The van der Waals surface area contributed by atoms with E-state index in [4.69, 9.17) is 0 Å². The summed E-state index contributed by atoms with van der Waals surface area (Å²) in [6.07, 6.45) is 7.15. The second-order valence-corrected chi connectivity index (χ2v) is 8.59. The van der Waals surface area contributed by atoms with Gasteiger partial charge < -0.3 is 10.4 Å². The highest BCUT2D eigenvalue weighted by Crippen LogP contribution is 2.75. The summed E-state index contributed by atoms with van der Waals surface area (Å²) in [5, 5.41) is 13.9. The van der Waals surface area contributed by atoms with Crippen molar-refractivity contribution in [3.63, 3.8) is 0 Å². The summed E-state index contributed by atoms with van der Waals surface area (Å²) in [7, 11) is 0. The Morgan fingerprint density at radius 2 is 1.76 bits per heavy atom. The van der Waals surface area contributed by atoms with Crippen molar-refractivity contribution in [2.24, 2.45) is 11.3 Å². The SMILES string of the molecule is OC(CC12CC(c3ccc(Br)cc3)(C1)C2)C1CCNCC1. The predicted octanol–water partition coefficient (Wildman–Crippen LogP) is 3.62. The van der Waals surface area contributed by atoms with E-state index in [-0.39, 0.29) is 6.10 Å². The zero-order chi connectivity index (χ0) is 14.5. The van der Waals surface area contributed by atoms with E-state index in [0.29, 0.717) is 16.7 Å². The number of piperidine rings is 1. The zero-order valence-electron chi connectivity index (χ0n) is 12.4. The van der Waals surface area contributed by atoms with E-state index in [1.165, 1.54) is 24.8 Å². The number of aliphatic hydroxyl groups is 1. The van der Waals surface area contributed by atoms with E-state index < -0.39 is 0 Å². The molecule has 0 amide bonds. The molecule has 4 fully saturated rings. The van der Waals surface area contributed by atoms with E-state index >= 15 is 0 Å². The van der Waals surface area contributed by atoms with Crippen molar-refractivity contribution in [3.05, 3.63) is 34.3 Å². The average Bonchev–Trinajstić information content (AvgIpc) is 2.43. The molecule has 1 aromatic rings. The molecule has 4 aliphatic rings. The van der Waals surface area contributed by atoms with Crippen LogP contribution in [0.4, 0.5) is 0 Å². The van der Waals surface area contributed by atoms with Crippen molar-refractivity contribution in [3.8, 4) is 0 Å². The summed E-state index contributed by atoms with van der Waals surface area (Å²) in [5.74, 6) is 0.531. The Labute approximate surface area is 135 Å². The lowest BCUT2D eigenvalue weighted by molar-refractivity contribution is -0.168. The minimum absolute atomic E-state index is 0.0738. The van der Waals surface area contributed by atoms with Crippen LogP contribution in [0.1, 0.15) is 44.1 Å². The molecule has 2 bridgehead atoms. The summed E-state index contributed by atoms with van der Waals surface area (Å²) in [4.78, 5) is 0. The molecule has 5 rings (SSSR count). The van der Waals surface area contributed by atoms with Crippen LogP contribution in [0.5, 0.6) is 0 Å². The monoisotopic (exact) mass is 349 g/mol. The summed E-state index contributed by atoms with van der Waals surface area (Å²) in [5.41, 5.74) is 2.43. The first kappa shape index (κ1) is 14.2. The molecule has 0 spiro atoms. The van der Waals surface area contributed by atoms with Gasteiger partial charge in [0.2, 0.25) is 0 Å². The molecule has 2 nitrogen and oxygen atoms in total. The first-order chi connectivity index (χ1) is 10.1. The molecule has 3 aliphatic carbocycles. The Bertz CT molecular complexity index is 501. The van der Waals surface area contributed by atoms with Crippen LogP contribution in [-0.4, -0.2) is 24.3 Å². The Kier molecular flexibility index (Phi) is 3.44. The number of rotatable bonds is 4. The van der Waals surface area contributed by atoms with Crippen LogP contribution in [0.25, 0.3) is 0 Å². The molecule has 2 N–H and O–H groups in total. The smallest absolute Gasteiger partial charge is 0.0574 e. The van der Waals surface area contributed by atoms with Gasteiger partial charge in [0.15, 0.2) is 0 Å². The molecular weight excluding hydrogens is 326 g/mol. The highest BCUT2D eigenvalue weighted by atomic mass is 79.9. The van der Waals surface area contributed by atoms with Crippen molar-refractivity contribution in [2.75, 3.05) is 13.1 Å². The normalized spacial score (nSPS) is 36.7. The van der Waals surface area contributed by atoms with Crippen molar-refractivity contribution in [1.29, 1.82) is 0 Å². The van der Waals surface area contributed by atoms with Crippen LogP contribution in [0.2, 0.25) is 0 Å². The first-order valence-electron chi connectivity index (χ1n) is 8.26. The summed E-state index contributed by atoms with van der Waals surface area (Å²) in [6, 6.07) is 8.87. The molecule has 21 heavy (non-hydrogen) atoms. The molecule has 0 aromatic heterocycles. The maximum atomic E-state index is 10.6. The van der Waals surface area contributed by atoms with E-state index in [1.807, 2.05) is 0 Å². The molecule has 3 saturated carbocycles. The molecule has 3 heteroatoms. The number of hydrogen-bond donors (Lipinski definition) is 2. The number of aliphatic hydroxyl groups excluding tert-OH is 1. The minimum Gasteiger partial charge on any atom is -0.393 e. The van der Waals surface area contributed by atoms with Crippen molar-refractivity contribution >= 4 is 15.9 Å².